The standard InChI is InChI=1S/C40H48N2O6/c1-7-9-23-47-35(43)19-21-41-31-17-13-11-15-29(31)39(3,4)33(41)25-27-37(45)28(38(27)46)26-34-40(5,6)30-16-12-14-18-32(30)42(34)22-20-36(44)48-24-10-8-2/h11-18,25-26H,7-10,19-24H2,1-6H3/p+1. The third-order valence-electron chi connectivity index (χ3n) is 9.76. The van der Waals surface area contributed by atoms with Crippen LogP contribution in [0.1, 0.15) is 91.2 Å². The first-order valence-corrected chi connectivity index (χ1v) is 17.3. The molecule has 0 radical (unpaired) electrons. The summed E-state index contributed by atoms with van der Waals surface area (Å²) >= 11 is 0. The van der Waals surface area contributed by atoms with Gasteiger partial charge in [0, 0.05) is 41.1 Å². The predicted molar refractivity (Wildman–Crippen MR) is 188 cm³/mol. The highest BCUT2D eigenvalue weighted by molar-refractivity contribution is 6.24. The summed E-state index contributed by atoms with van der Waals surface area (Å²) in [6, 6.07) is 16.1. The SMILES string of the molecule is CCCCOC(=O)CCN1/C(=C/C2=C(O)C(=C/C3=[N+](CCC(=O)OCCCC)c4ccccc4C3(C)C)/C2=O)C(C)(C)c2ccccc21. The molecule has 3 aliphatic rings. The number of hydrogen-bond acceptors (Lipinski definition) is 7. The summed E-state index contributed by atoms with van der Waals surface area (Å²) in [5, 5.41) is 11.4. The van der Waals surface area contributed by atoms with E-state index >= 15 is 0 Å². The van der Waals surface area contributed by atoms with Crippen LogP contribution in [-0.2, 0) is 34.7 Å². The maximum Gasteiger partial charge on any atom is 0.312 e. The lowest BCUT2D eigenvalue weighted by atomic mass is 9.77. The number of Topliss-reactive ketones (excluding diaryl/α,β-unsaturated/α-hetero) is 1. The fourth-order valence-electron chi connectivity index (χ4n) is 6.88. The molecule has 1 N–H and O–H groups in total. The first-order chi connectivity index (χ1) is 22.9. The minimum absolute atomic E-state index is 0.0589. The van der Waals surface area contributed by atoms with Gasteiger partial charge >= 0.3 is 11.9 Å². The number of carbonyl (C=O) groups excluding carboxylic acids is 3. The molecule has 0 atom stereocenters. The third kappa shape index (κ3) is 6.62. The molecule has 2 aromatic carbocycles. The van der Waals surface area contributed by atoms with Crippen LogP contribution in [0.5, 0.6) is 0 Å². The Hall–Kier alpha value is -4.46. The van der Waals surface area contributed by atoms with Gasteiger partial charge in [-0.3, -0.25) is 14.4 Å². The van der Waals surface area contributed by atoms with Crippen LogP contribution in [-0.4, -0.2) is 59.4 Å². The van der Waals surface area contributed by atoms with Gasteiger partial charge in [0.2, 0.25) is 11.5 Å². The van der Waals surface area contributed by atoms with Crippen molar-refractivity contribution in [1.29, 1.82) is 0 Å². The summed E-state index contributed by atoms with van der Waals surface area (Å²) in [6.45, 7) is 14.1. The number of aliphatic hydroxyl groups excluding tert-OH is 1. The number of anilines is 1. The Morgan fingerprint density at radius 3 is 2.08 bits per heavy atom. The van der Waals surface area contributed by atoms with Gasteiger partial charge in [-0.1, -0.05) is 76.9 Å². The molecule has 5 rings (SSSR count). The van der Waals surface area contributed by atoms with E-state index in [1.165, 1.54) is 0 Å². The van der Waals surface area contributed by atoms with Gasteiger partial charge in [-0.05, 0) is 44.4 Å². The Labute approximate surface area is 284 Å². The summed E-state index contributed by atoms with van der Waals surface area (Å²) in [4.78, 5) is 41.0. The zero-order chi connectivity index (χ0) is 34.6. The van der Waals surface area contributed by atoms with Gasteiger partial charge in [-0.15, -0.1) is 0 Å². The zero-order valence-electron chi connectivity index (χ0n) is 29.2. The van der Waals surface area contributed by atoms with Crippen LogP contribution < -0.4 is 4.90 Å². The molecule has 2 aliphatic heterocycles. The lowest BCUT2D eigenvalue weighted by Gasteiger charge is -2.29. The van der Waals surface area contributed by atoms with Gasteiger partial charge in [0.1, 0.15) is 12.2 Å². The van der Waals surface area contributed by atoms with Gasteiger partial charge in [0.25, 0.3) is 0 Å². The van der Waals surface area contributed by atoms with E-state index in [2.05, 4.69) is 63.2 Å². The number of hydrogen-bond donors (Lipinski definition) is 1. The number of benzene rings is 2. The van der Waals surface area contributed by atoms with Crippen LogP contribution in [0.2, 0.25) is 0 Å². The predicted octanol–water partition coefficient (Wildman–Crippen LogP) is 7.53. The first-order valence-electron chi connectivity index (χ1n) is 17.3. The molecular formula is C40H49N2O6+. The topological polar surface area (TPSA) is 96.2 Å². The number of para-hydroxylation sites is 2. The molecule has 0 aromatic heterocycles. The zero-order valence-corrected chi connectivity index (χ0v) is 29.2. The van der Waals surface area contributed by atoms with Crippen molar-refractivity contribution in [1.82, 2.24) is 0 Å². The molecule has 8 heteroatoms. The van der Waals surface area contributed by atoms with Gasteiger partial charge in [0.15, 0.2) is 12.3 Å². The molecule has 0 unspecified atom stereocenters. The molecule has 0 saturated carbocycles. The van der Waals surface area contributed by atoms with Crippen molar-refractivity contribution >= 4 is 34.8 Å². The number of rotatable bonds is 14. The molecule has 0 fully saturated rings. The average Bonchev–Trinajstić information content (AvgIpc) is 3.42. The Morgan fingerprint density at radius 2 is 1.44 bits per heavy atom. The van der Waals surface area contributed by atoms with E-state index in [0.29, 0.717) is 26.3 Å². The number of ketones is 1. The van der Waals surface area contributed by atoms with Crippen LogP contribution in [0.3, 0.4) is 0 Å². The fourth-order valence-corrected chi connectivity index (χ4v) is 6.88. The van der Waals surface area contributed by atoms with E-state index in [1.54, 1.807) is 12.2 Å². The van der Waals surface area contributed by atoms with Crippen LogP contribution in [0.15, 0.2) is 83.3 Å². The van der Waals surface area contributed by atoms with Crippen molar-refractivity contribution in [3.05, 3.63) is 94.4 Å². The summed E-state index contributed by atoms with van der Waals surface area (Å²) < 4.78 is 12.9. The minimum atomic E-state index is -0.470. The van der Waals surface area contributed by atoms with Crippen LogP contribution >= 0.6 is 0 Å². The molecule has 2 aromatic rings. The molecule has 0 amide bonds. The molecule has 0 saturated heterocycles. The molecule has 48 heavy (non-hydrogen) atoms. The van der Waals surface area contributed by atoms with E-state index in [9.17, 15) is 19.5 Å². The maximum atomic E-state index is 13.8. The molecular weight excluding hydrogens is 604 g/mol. The number of nitrogens with zero attached hydrogens (tertiary/aromatic N) is 2. The molecule has 1 aliphatic carbocycles. The Kier molecular flexibility index (Phi) is 10.4. The van der Waals surface area contributed by atoms with Crippen molar-refractivity contribution in [3.63, 3.8) is 0 Å². The van der Waals surface area contributed by atoms with E-state index < -0.39 is 10.8 Å². The number of fused-ring (bicyclic) bond motifs is 2. The lowest BCUT2D eigenvalue weighted by molar-refractivity contribution is -0.436. The highest BCUT2D eigenvalue weighted by Crippen LogP contribution is 2.49. The molecule has 2 heterocycles. The monoisotopic (exact) mass is 653 g/mol. The smallest absolute Gasteiger partial charge is 0.312 e. The Morgan fingerprint density at radius 1 is 0.833 bits per heavy atom. The number of ether oxygens (including phenoxy) is 2. The second kappa shape index (κ2) is 14.3. The van der Waals surface area contributed by atoms with E-state index in [0.717, 1.165) is 59.6 Å². The van der Waals surface area contributed by atoms with Crippen molar-refractivity contribution in [2.24, 2.45) is 0 Å². The molecule has 254 valence electrons. The highest BCUT2D eigenvalue weighted by atomic mass is 16.5. The second-order valence-electron chi connectivity index (χ2n) is 13.8. The molecule has 0 spiro atoms. The fraction of sp³-hybridized carbons (Fsp3) is 0.450. The van der Waals surface area contributed by atoms with Crippen molar-refractivity contribution in [2.45, 2.75) is 90.9 Å². The number of esters is 2. The number of carbonyl (C=O) groups is 3. The maximum absolute atomic E-state index is 13.8. The van der Waals surface area contributed by atoms with Crippen LogP contribution in [0, 0.1) is 0 Å². The van der Waals surface area contributed by atoms with Crippen LogP contribution in [0.25, 0.3) is 0 Å². The number of allylic oxidation sites excluding steroid dienone is 5. The third-order valence-corrected chi connectivity index (χ3v) is 9.76. The Balaban J connectivity index is 1.47. The van der Waals surface area contributed by atoms with E-state index in [-0.39, 0.29) is 47.5 Å². The van der Waals surface area contributed by atoms with Gasteiger partial charge in [-0.2, -0.15) is 4.58 Å². The summed E-state index contributed by atoms with van der Waals surface area (Å²) in [7, 11) is 0. The lowest BCUT2D eigenvalue weighted by Crippen LogP contribution is -2.33. The van der Waals surface area contributed by atoms with Gasteiger partial charge in [-0.25, -0.2) is 0 Å². The van der Waals surface area contributed by atoms with Gasteiger partial charge < -0.3 is 19.5 Å². The van der Waals surface area contributed by atoms with Crippen molar-refractivity contribution < 1.29 is 33.5 Å². The minimum Gasteiger partial charge on any atom is -0.506 e. The molecule has 0 bridgehead atoms. The number of unbranched alkanes of at least 4 members (excludes halogenated alkanes) is 2. The van der Waals surface area contributed by atoms with Gasteiger partial charge in [0.05, 0.1) is 36.2 Å². The quantitative estimate of drug-likeness (QED) is 0.0975. The summed E-state index contributed by atoms with van der Waals surface area (Å²) in [5.41, 5.74) is 5.34. The first kappa shape index (κ1) is 34.9. The molecule has 8 nitrogen and oxygen atoms in total. The summed E-state index contributed by atoms with van der Waals surface area (Å²) in [5.74, 6) is -0.818. The average molecular weight is 654 g/mol. The van der Waals surface area contributed by atoms with Crippen LogP contribution in [0.4, 0.5) is 11.4 Å². The van der Waals surface area contributed by atoms with E-state index in [4.69, 9.17) is 9.47 Å². The normalized spacial score (nSPS) is 19.1. The van der Waals surface area contributed by atoms with Crippen molar-refractivity contribution in [2.75, 3.05) is 31.2 Å². The Bertz CT molecular complexity index is 1720. The second-order valence-corrected chi connectivity index (χ2v) is 13.8. The highest BCUT2D eigenvalue weighted by Gasteiger charge is 2.47. The van der Waals surface area contributed by atoms with Crippen molar-refractivity contribution in [3.8, 4) is 0 Å². The number of aliphatic hydroxyl groups is 1. The largest absolute Gasteiger partial charge is 0.506 e. The van der Waals surface area contributed by atoms with E-state index in [1.807, 2.05) is 36.4 Å². The summed E-state index contributed by atoms with van der Waals surface area (Å²) in [6.07, 6.45) is 7.51.